The molecule has 0 bridgehead atoms. The highest BCUT2D eigenvalue weighted by Crippen LogP contribution is 2.28. The van der Waals surface area contributed by atoms with Crippen molar-refractivity contribution in [1.29, 1.82) is 5.26 Å². The molecule has 0 aliphatic rings. The van der Waals surface area contributed by atoms with Crippen LogP contribution in [0, 0.1) is 11.3 Å². The zero-order chi connectivity index (χ0) is 16.7. The highest BCUT2D eigenvalue weighted by atomic mass is 32.2. The number of nitrogen functional groups attached to an aromatic ring is 1. The Morgan fingerprint density at radius 2 is 2.00 bits per heavy atom. The van der Waals surface area contributed by atoms with Gasteiger partial charge in [0.05, 0.1) is 5.52 Å². The molecule has 4 rings (SSSR count). The van der Waals surface area contributed by atoms with Crippen molar-refractivity contribution < 1.29 is 0 Å². The van der Waals surface area contributed by atoms with Crippen LogP contribution in [-0.4, -0.2) is 36.2 Å². The van der Waals surface area contributed by atoms with Crippen LogP contribution in [0.15, 0.2) is 35.6 Å². The fraction of sp³-hybridized carbons (Fsp3) is 0.0667. The monoisotopic (exact) mass is 334 g/mol. The third kappa shape index (κ3) is 1.97. The third-order valence-corrected chi connectivity index (χ3v) is 4.29. The largest absolute Gasteiger partial charge is 0.382 e. The number of nitrogens with zero attached hydrogens (tertiary/aromatic N) is 7. The van der Waals surface area contributed by atoms with Gasteiger partial charge in [-0.25, -0.2) is 9.97 Å². The topological polar surface area (TPSA) is 119 Å². The summed E-state index contributed by atoms with van der Waals surface area (Å²) in [5, 5.41) is 23.5. The lowest BCUT2D eigenvalue weighted by Gasteiger charge is -2.06. The number of fused-ring (bicyclic) bond motifs is 3. The molecule has 24 heavy (non-hydrogen) atoms. The van der Waals surface area contributed by atoms with Crippen LogP contribution in [0.1, 0.15) is 5.56 Å². The van der Waals surface area contributed by atoms with E-state index < -0.39 is 0 Å². The molecule has 0 atom stereocenters. The zero-order valence-corrected chi connectivity index (χ0v) is 13.3. The number of aromatic nitrogens is 6. The van der Waals surface area contributed by atoms with Crippen LogP contribution in [0.2, 0.25) is 0 Å². The normalized spacial score (nSPS) is 11.0. The van der Waals surface area contributed by atoms with Gasteiger partial charge in [-0.05, 0) is 12.3 Å². The van der Waals surface area contributed by atoms with Gasteiger partial charge in [-0.2, -0.15) is 15.0 Å². The van der Waals surface area contributed by atoms with Crippen LogP contribution in [0.5, 0.6) is 0 Å². The highest BCUT2D eigenvalue weighted by molar-refractivity contribution is 7.98. The van der Waals surface area contributed by atoms with E-state index in [1.807, 2.05) is 30.5 Å². The lowest BCUT2D eigenvalue weighted by molar-refractivity contribution is 0.818. The summed E-state index contributed by atoms with van der Waals surface area (Å²) in [5.74, 6) is 0.615. The van der Waals surface area contributed by atoms with Gasteiger partial charge >= 0.3 is 0 Å². The fourth-order valence-corrected chi connectivity index (χ4v) is 3.02. The number of benzene rings is 1. The van der Waals surface area contributed by atoms with Crippen molar-refractivity contribution in [3.63, 3.8) is 0 Å². The molecule has 0 radical (unpaired) electrons. The average Bonchev–Trinajstić information content (AvgIpc) is 2.96. The summed E-state index contributed by atoms with van der Waals surface area (Å²) < 4.78 is 1.41. The second-order valence-corrected chi connectivity index (χ2v) is 5.70. The van der Waals surface area contributed by atoms with E-state index >= 15 is 0 Å². The predicted octanol–water partition coefficient (Wildman–Crippen LogP) is 1.93. The summed E-state index contributed by atoms with van der Waals surface area (Å²) in [6.07, 6.45) is 3.26. The van der Waals surface area contributed by atoms with Crippen molar-refractivity contribution in [2.45, 2.75) is 5.03 Å². The quantitative estimate of drug-likeness (QED) is 0.436. The zero-order valence-electron chi connectivity index (χ0n) is 12.5. The Kier molecular flexibility index (Phi) is 3.25. The minimum atomic E-state index is 0.219. The second kappa shape index (κ2) is 5.43. The van der Waals surface area contributed by atoms with Crippen molar-refractivity contribution in [2.75, 3.05) is 12.0 Å². The standard InChI is InChI=1S/C15H10N8S/c1-24-15-9(6-16)13(17)23(22-15)14-12-11(18-7-19-14)8-4-2-3-5-10(8)20-21-12/h2-5,7H,17H2,1H3. The van der Waals surface area contributed by atoms with Gasteiger partial charge in [-0.1, -0.05) is 18.2 Å². The molecule has 0 saturated carbocycles. The van der Waals surface area contributed by atoms with Crippen LogP contribution in [-0.2, 0) is 0 Å². The van der Waals surface area contributed by atoms with Crippen LogP contribution in [0.25, 0.3) is 27.8 Å². The Balaban J connectivity index is 2.07. The molecule has 0 saturated heterocycles. The van der Waals surface area contributed by atoms with Gasteiger partial charge in [-0.15, -0.1) is 22.0 Å². The van der Waals surface area contributed by atoms with Crippen molar-refractivity contribution in [2.24, 2.45) is 0 Å². The molecule has 116 valence electrons. The van der Waals surface area contributed by atoms with Gasteiger partial charge in [0, 0.05) is 5.39 Å². The van der Waals surface area contributed by atoms with E-state index in [2.05, 4.69) is 31.3 Å². The molecule has 9 heteroatoms. The maximum atomic E-state index is 9.29. The second-order valence-electron chi connectivity index (χ2n) is 4.90. The molecule has 8 nitrogen and oxygen atoms in total. The Hall–Kier alpha value is -3.25. The molecule has 3 heterocycles. The Morgan fingerprint density at radius 1 is 1.17 bits per heavy atom. The van der Waals surface area contributed by atoms with Crippen molar-refractivity contribution >= 4 is 39.5 Å². The minimum absolute atomic E-state index is 0.219. The van der Waals surface area contributed by atoms with Crippen molar-refractivity contribution in [1.82, 2.24) is 29.9 Å². The maximum Gasteiger partial charge on any atom is 0.187 e. The van der Waals surface area contributed by atoms with E-state index in [1.54, 1.807) is 0 Å². The van der Waals surface area contributed by atoms with Gasteiger partial charge in [0.25, 0.3) is 0 Å². The van der Waals surface area contributed by atoms with E-state index in [1.165, 1.54) is 22.8 Å². The summed E-state index contributed by atoms with van der Waals surface area (Å²) in [5.41, 5.74) is 8.28. The van der Waals surface area contributed by atoms with Gasteiger partial charge in [-0.3, -0.25) is 0 Å². The first-order valence-corrected chi connectivity index (χ1v) is 8.16. The smallest absolute Gasteiger partial charge is 0.187 e. The maximum absolute atomic E-state index is 9.29. The molecule has 0 amide bonds. The van der Waals surface area contributed by atoms with E-state index in [-0.39, 0.29) is 5.82 Å². The van der Waals surface area contributed by atoms with Gasteiger partial charge in [0.1, 0.15) is 34.3 Å². The highest BCUT2D eigenvalue weighted by Gasteiger charge is 2.20. The molecule has 1 aromatic carbocycles. The number of nitriles is 1. The lowest BCUT2D eigenvalue weighted by atomic mass is 10.2. The van der Waals surface area contributed by atoms with Gasteiger partial charge < -0.3 is 5.73 Å². The first-order chi connectivity index (χ1) is 11.7. The number of hydrogen-bond acceptors (Lipinski definition) is 8. The average molecular weight is 334 g/mol. The Bertz CT molecular complexity index is 1130. The Labute approximate surface area is 140 Å². The number of thioether (sulfide) groups is 1. The van der Waals surface area contributed by atoms with Crippen LogP contribution < -0.4 is 5.73 Å². The van der Waals surface area contributed by atoms with Gasteiger partial charge in [0.15, 0.2) is 11.3 Å². The van der Waals surface area contributed by atoms with E-state index in [0.717, 1.165) is 10.9 Å². The molecule has 0 aliphatic carbocycles. The molecule has 4 aromatic rings. The van der Waals surface area contributed by atoms with Gasteiger partial charge in [0.2, 0.25) is 0 Å². The SMILES string of the molecule is CSc1nn(-c2ncnc3c2nnc2ccccc23)c(N)c1C#N. The predicted molar refractivity (Wildman–Crippen MR) is 90.7 cm³/mol. The van der Waals surface area contributed by atoms with Crippen LogP contribution >= 0.6 is 11.8 Å². The molecular weight excluding hydrogens is 324 g/mol. The molecule has 0 unspecified atom stereocenters. The summed E-state index contributed by atoms with van der Waals surface area (Å²) >= 11 is 1.34. The van der Waals surface area contributed by atoms with E-state index in [4.69, 9.17) is 5.73 Å². The number of anilines is 1. The van der Waals surface area contributed by atoms with Crippen LogP contribution in [0.3, 0.4) is 0 Å². The molecule has 0 aliphatic heterocycles. The number of nitrogens with two attached hydrogens (primary N) is 1. The molecule has 2 N–H and O–H groups in total. The van der Waals surface area contributed by atoms with E-state index in [9.17, 15) is 5.26 Å². The van der Waals surface area contributed by atoms with E-state index in [0.29, 0.717) is 27.4 Å². The first kappa shape index (κ1) is 14.3. The lowest BCUT2D eigenvalue weighted by Crippen LogP contribution is -2.07. The molecule has 0 spiro atoms. The number of hydrogen-bond donors (Lipinski definition) is 1. The van der Waals surface area contributed by atoms with Crippen molar-refractivity contribution in [3.8, 4) is 11.9 Å². The van der Waals surface area contributed by atoms with Crippen molar-refractivity contribution in [3.05, 3.63) is 36.2 Å². The van der Waals surface area contributed by atoms with Crippen LogP contribution in [0.4, 0.5) is 5.82 Å². The summed E-state index contributed by atoms with van der Waals surface area (Å²) in [6, 6.07) is 9.66. The third-order valence-electron chi connectivity index (χ3n) is 3.61. The summed E-state index contributed by atoms with van der Waals surface area (Å²) in [7, 11) is 0. The first-order valence-electron chi connectivity index (χ1n) is 6.93. The summed E-state index contributed by atoms with van der Waals surface area (Å²) in [4.78, 5) is 8.58. The molecule has 3 aromatic heterocycles. The molecule has 0 fully saturated rings. The Morgan fingerprint density at radius 3 is 2.75 bits per heavy atom. The fourth-order valence-electron chi connectivity index (χ4n) is 2.50. The summed E-state index contributed by atoms with van der Waals surface area (Å²) in [6.45, 7) is 0. The molecular formula is C15H10N8S. The minimum Gasteiger partial charge on any atom is -0.382 e. The number of rotatable bonds is 2.